The van der Waals surface area contributed by atoms with Crippen LogP contribution < -0.4 is 5.32 Å². The minimum Gasteiger partial charge on any atom is -0.309 e. The van der Waals surface area contributed by atoms with Crippen LogP contribution in [-0.2, 0) is 23.1 Å². The number of rotatable bonds is 7. The standard InChI is InChI=1S/C18H22F2N2O2S/c1-13(2)22(3)25(23,24)16-7-4-14(5-8-16)11-21-12-15-6-9-17(19)18(20)10-15/h4-10,13,21H,11-12H2,1-3H3. The summed E-state index contributed by atoms with van der Waals surface area (Å²) in [4.78, 5) is 0.244. The van der Waals surface area contributed by atoms with Crippen molar-refractivity contribution in [3.05, 3.63) is 65.2 Å². The number of nitrogens with zero attached hydrogens (tertiary/aromatic N) is 1. The van der Waals surface area contributed by atoms with Crippen molar-refractivity contribution in [2.24, 2.45) is 0 Å². The van der Waals surface area contributed by atoms with Gasteiger partial charge in [-0.25, -0.2) is 17.2 Å². The second kappa shape index (κ2) is 8.03. The molecule has 0 saturated carbocycles. The number of nitrogens with one attached hydrogen (secondary N) is 1. The molecule has 7 heteroatoms. The van der Waals surface area contributed by atoms with E-state index in [2.05, 4.69) is 5.32 Å². The molecule has 2 aromatic carbocycles. The Morgan fingerprint density at radius 3 is 2.08 bits per heavy atom. The van der Waals surface area contributed by atoms with Gasteiger partial charge < -0.3 is 5.32 Å². The maximum absolute atomic E-state index is 13.1. The van der Waals surface area contributed by atoms with Gasteiger partial charge in [0.05, 0.1) is 4.90 Å². The van der Waals surface area contributed by atoms with E-state index < -0.39 is 21.7 Å². The molecule has 4 nitrogen and oxygen atoms in total. The fraction of sp³-hybridized carbons (Fsp3) is 0.333. The van der Waals surface area contributed by atoms with Crippen LogP contribution in [0.15, 0.2) is 47.4 Å². The average molecular weight is 368 g/mol. The van der Waals surface area contributed by atoms with Gasteiger partial charge >= 0.3 is 0 Å². The number of hydrogen-bond acceptors (Lipinski definition) is 3. The highest BCUT2D eigenvalue weighted by molar-refractivity contribution is 7.89. The van der Waals surface area contributed by atoms with Crippen LogP contribution in [0.1, 0.15) is 25.0 Å². The molecule has 0 unspecified atom stereocenters. The second-order valence-corrected chi connectivity index (χ2v) is 8.11. The lowest BCUT2D eigenvalue weighted by Gasteiger charge is -2.21. The van der Waals surface area contributed by atoms with Crippen LogP contribution in [0.3, 0.4) is 0 Å². The van der Waals surface area contributed by atoms with Crippen molar-refractivity contribution in [1.29, 1.82) is 0 Å². The smallest absolute Gasteiger partial charge is 0.243 e. The first-order valence-electron chi connectivity index (χ1n) is 7.93. The Balaban J connectivity index is 1.97. The molecule has 25 heavy (non-hydrogen) atoms. The minimum atomic E-state index is -3.49. The molecule has 0 aliphatic rings. The van der Waals surface area contributed by atoms with Gasteiger partial charge in [0.1, 0.15) is 0 Å². The summed E-state index contributed by atoms with van der Waals surface area (Å²) < 4.78 is 52.1. The molecule has 0 amide bonds. The lowest BCUT2D eigenvalue weighted by Crippen LogP contribution is -2.33. The van der Waals surface area contributed by atoms with Gasteiger partial charge in [0.2, 0.25) is 10.0 Å². The van der Waals surface area contributed by atoms with E-state index in [9.17, 15) is 17.2 Å². The van der Waals surface area contributed by atoms with E-state index in [1.54, 1.807) is 31.3 Å². The van der Waals surface area contributed by atoms with Crippen molar-refractivity contribution < 1.29 is 17.2 Å². The largest absolute Gasteiger partial charge is 0.309 e. The van der Waals surface area contributed by atoms with Crippen LogP contribution in [0.5, 0.6) is 0 Å². The number of hydrogen-bond donors (Lipinski definition) is 1. The molecule has 0 atom stereocenters. The van der Waals surface area contributed by atoms with Crippen LogP contribution in [0.25, 0.3) is 0 Å². The first-order valence-corrected chi connectivity index (χ1v) is 9.37. The molecule has 2 aromatic rings. The summed E-state index contributed by atoms with van der Waals surface area (Å²) in [5, 5.41) is 3.11. The van der Waals surface area contributed by atoms with Crippen molar-refractivity contribution in [3.8, 4) is 0 Å². The number of benzene rings is 2. The predicted molar refractivity (Wildman–Crippen MR) is 93.4 cm³/mol. The zero-order valence-electron chi connectivity index (χ0n) is 14.5. The summed E-state index contributed by atoms with van der Waals surface area (Å²) >= 11 is 0. The zero-order valence-corrected chi connectivity index (χ0v) is 15.3. The Morgan fingerprint density at radius 1 is 0.960 bits per heavy atom. The molecular formula is C18H22F2N2O2S. The van der Waals surface area contributed by atoms with Crippen molar-refractivity contribution in [2.75, 3.05) is 7.05 Å². The third-order valence-electron chi connectivity index (χ3n) is 3.97. The molecule has 2 rings (SSSR count). The third-order valence-corrected chi connectivity index (χ3v) is 6.02. The fourth-order valence-corrected chi connectivity index (χ4v) is 3.59. The predicted octanol–water partition coefficient (Wildman–Crippen LogP) is 3.28. The van der Waals surface area contributed by atoms with E-state index in [0.29, 0.717) is 18.7 Å². The van der Waals surface area contributed by atoms with Gasteiger partial charge in [-0.2, -0.15) is 4.31 Å². The normalized spacial score (nSPS) is 12.1. The number of sulfonamides is 1. The Morgan fingerprint density at radius 2 is 1.52 bits per heavy atom. The van der Waals surface area contributed by atoms with Gasteiger partial charge in [0.15, 0.2) is 11.6 Å². The summed E-state index contributed by atoms with van der Waals surface area (Å²) in [6, 6.07) is 10.3. The molecule has 0 radical (unpaired) electrons. The van der Waals surface area contributed by atoms with Crippen molar-refractivity contribution in [1.82, 2.24) is 9.62 Å². The highest BCUT2D eigenvalue weighted by Crippen LogP contribution is 2.17. The van der Waals surface area contributed by atoms with Crippen molar-refractivity contribution >= 4 is 10.0 Å². The Hall–Kier alpha value is -1.83. The molecule has 0 spiro atoms. The van der Waals surface area contributed by atoms with Crippen LogP contribution in [0.2, 0.25) is 0 Å². The van der Waals surface area contributed by atoms with Gasteiger partial charge in [-0.05, 0) is 49.2 Å². The molecule has 0 aromatic heterocycles. The molecule has 0 aliphatic carbocycles. The summed E-state index contributed by atoms with van der Waals surface area (Å²) in [5.41, 5.74) is 1.53. The second-order valence-electron chi connectivity index (χ2n) is 6.11. The first kappa shape index (κ1) is 19.5. The SMILES string of the molecule is CC(C)N(C)S(=O)(=O)c1ccc(CNCc2ccc(F)c(F)c2)cc1. The van der Waals surface area contributed by atoms with Gasteiger partial charge in [0.25, 0.3) is 0 Å². The quantitative estimate of drug-likeness (QED) is 0.816. The molecular weight excluding hydrogens is 346 g/mol. The summed E-state index contributed by atoms with van der Waals surface area (Å²) in [6.07, 6.45) is 0. The molecule has 136 valence electrons. The zero-order chi connectivity index (χ0) is 18.6. The monoisotopic (exact) mass is 368 g/mol. The van der Waals surface area contributed by atoms with Gasteiger partial charge in [-0.15, -0.1) is 0 Å². The van der Waals surface area contributed by atoms with Crippen LogP contribution >= 0.6 is 0 Å². The van der Waals surface area contributed by atoms with Crippen LogP contribution in [-0.4, -0.2) is 25.8 Å². The van der Waals surface area contributed by atoms with Gasteiger partial charge in [-0.3, -0.25) is 0 Å². The van der Waals surface area contributed by atoms with Crippen molar-refractivity contribution in [3.63, 3.8) is 0 Å². The lowest BCUT2D eigenvalue weighted by atomic mass is 10.2. The highest BCUT2D eigenvalue weighted by atomic mass is 32.2. The van der Waals surface area contributed by atoms with E-state index in [1.807, 2.05) is 13.8 Å². The van der Waals surface area contributed by atoms with Crippen molar-refractivity contribution in [2.45, 2.75) is 37.9 Å². The van der Waals surface area contributed by atoms with E-state index in [0.717, 1.165) is 17.7 Å². The summed E-state index contributed by atoms with van der Waals surface area (Å²) in [5.74, 6) is -1.74. The summed E-state index contributed by atoms with van der Waals surface area (Å²) in [6.45, 7) is 4.49. The van der Waals surface area contributed by atoms with E-state index in [1.165, 1.54) is 10.4 Å². The van der Waals surface area contributed by atoms with Crippen LogP contribution in [0, 0.1) is 11.6 Å². The molecule has 1 N–H and O–H groups in total. The highest BCUT2D eigenvalue weighted by Gasteiger charge is 2.22. The topological polar surface area (TPSA) is 49.4 Å². The van der Waals surface area contributed by atoms with Crippen LogP contribution in [0.4, 0.5) is 8.78 Å². The Labute approximate surface area is 147 Å². The first-order chi connectivity index (χ1) is 11.7. The average Bonchev–Trinajstić information content (AvgIpc) is 2.57. The molecule has 0 fully saturated rings. The molecule has 0 heterocycles. The van der Waals surface area contributed by atoms with Gasteiger partial charge in [-0.1, -0.05) is 18.2 Å². The van der Waals surface area contributed by atoms with E-state index >= 15 is 0 Å². The fourth-order valence-electron chi connectivity index (χ4n) is 2.22. The third kappa shape index (κ3) is 4.84. The molecule has 0 saturated heterocycles. The lowest BCUT2D eigenvalue weighted by molar-refractivity contribution is 0.410. The van der Waals surface area contributed by atoms with E-state index in [4.69, 9.17) is 0 Å². The maximum Gasteiger partial charge on any atom is 0.243 e. The maximum atomic E-state index is 13.1. The summed E-state index contributed by atoms with van der Waals surface area (Å²) in [7, 11) is -1.94. The van der Waals surface area contributed by atoms with E-state index in [-0.39, 0.29) is 10.9 Å². The molecule has 0 bridgehead atoms. The molecule has 0 aliphatic heterocycles. The van der Waals surface area contributed by atoms with Gasteiger partial charge in [0, 0.05) is 26.2 Å². The number of halogens is 2. The minimum absolute atomic E-state index is 0.123. The Kier molecular flexibility index (Phi) is 6.26. The Bertz CT molecular complexity index is 821.